The number of hydrogen-bond acceptors (Lipinski definition) is 6. The largest absolute Gasteiger partial charge is 0.497 e. The Morgan fingerprint density at radius 1 is 0.897 bits per heavy atom. The summed E-state index contributed by atoms with van der Waals surface area (Å²) in [6.45, 7) is 1.21. The van der Waals surface area contributed by atoms with E-state index in [1.54, 1.807) is 19.5 Å². The molecule has 0 N–H and O–H groups in total. The number of hydrogen-bond donors (Lipinski definition) is 0. The van der Waals surface area contributed by atoms with E-state index in [9.17, 15) is 0 Å². The molecule has 0 unspecified atom stereocenters. The van der Waals surface area contributed by atoms with Crippen molar-refractivity contribution in [2.75, 3.05) is 32.2 Å². The maximum Gasteiger partial charge on any atom is 0.163 e. The predicted molar refractivity (Wildman–Crippen MR) is 115 cm³/mol. The number of para-hydroxylation sites is 1. The summed E-state index contributed by atoms with van der Waals surface area (Å²) >= 11 is 0. The molecule has 6 nitrogen and oxygen atoms in total. The van der Waals surface area contributed by atoms with Gasteiger partial charge >= 0.3 is 0 Å². The first-order valence-corrected chi connectivity index (χ1v) is 9.40. The highest BCUT2D eigenvalue weighted by atomic mass is 16.5. The third-order valence-corrected chi connectivity index (χ3v) is 4.62. The fraction of sp³-hybridized carbons (Fsp3) is 0.174. The lowest BCUT2D eigenvalue weighted by Gasteiger charge is -2.21. The number of aromatic nitrogens is 3. The third-order valence-electron chi connectivity index (χ3n) is 4.62. The van der Waals surface area contributed by atoms with Crippen LogP contribution >= 0.6 is 0 Å². The normalized spacial score (nSPS) is 10.7. The smallest absolute Gasteiger partial charge is 0.163 e. The molecule has 0 saturated heterocycles. The molecular formula is C23H22N4O2. The molecule has 2 aromatic heterocycles. The second kappa shape index (κ2) is 8.56. The van der Waals surface area contributed by atoms with E-state index >= 15 is 0 Å². The van der Waals surface area contributed by atoms with Gasteiger partial charge in [0.15, 0.2) is 5.82 Å². The second-order valence-corrected chi connectivity index (χ2v) is 6.58. The minimum atomic E-state index is 0.531. The number of pyridine rings is 1. The molecule has 0 amide bonds. The molecule has 0 aliphatic carbocycles. The van der Waals surface area contributed by atoms with Gasteiger partial charge in [0.05, 0.1) is 19.2 Å². The van der Waals surface area contributed by atoms with Gasteiger partial charge in [-0.25, -0.2) is 9.97 Å². The van der Waals surface area contributed by atoms with E-state index in [4.69, 9.17) is 19.4 Å². The van der Waals surface area contributed by atoms with Crippen molar-refractivity contribution >= 4 is 16.7 Å². The Bertz CT molecular complexity index is 1080. The lowest BCUT2D eigenvalue weighted by atomic mass is 10.2. The monoisotopic (exact) mass is 386 g/mol. The van der Waals surface area contributed by atoms with Crippen molar-refractivity contribution in [2.24, 2.45) is 0 Å². The zero-order chi connectivity index (χ0) is 20.1. The van der Waals surface area contributed by atoms with E-state index in [1.807, 2.05) is 67.7 Å². The average Bonchev–Trinajstić information content (AvgIpc) is 2.79. The fourth-order valence-electron chi connectivity index (χ4n) is 3.05. The highest BCUT2D eigenvalue weighted by Crippen LogP contribution is 2.26. The van der Waals surface area contributed by atoms with Crippen LogP contribution in [0.1, 0.15) is 0 Å². The van der Waals surface area contributed by atoms with E-state index in [0.29, 0.717) is 19.0 Å². The van der Waals surface area contributed by atoms with E-state index in [-0.39, 0.29) is 0 Å². The standard InChI is InChI=1S/C23H22N4O2/c1-27(14-15-29-19-11-9-18(28-2)10-12-19)23-20-7-3-4-8-21(20)25-22(26-23)17-6-5-13-24-16-17/h3-13,16H,14-15H2,1-2H3. The summed E-state index contributed by atoms with van der Waals surface area (Å²) in [5.41, 5.74) is 1.79. The minimum Gasteiger partial charge on any atom is -0.497 e. The zero-order valence-corrected chi connectivity index (χ0v) is 16.4. The van der Waals surface area contributed by atoms with Gasteiger partial charge in [-0.05, 0) is 48.5 Å². The topological polar surface area (TPSA) is 60.4 Å². The van der Waals surface area contributed by atoms with E-state index in [0.717, 1.165) is 33.8 Å². The number of ether oxygens (including phenoxy) is 2. The highest BCUT2D eigenvalue weighted by molar-refractivity contribution is 5.90. The first-order valence-electron chi connectivity index (χ1n) is 9.40. The molecule has 4 rings (SSSR count). The first kappa shape index (κ1) is 18.7. The van der Waals surface area contributed by atoms with E-state index in [1.165, 1.54) is 0 Å². The second-order valence-electron chi connectivity index (χ2n) is 6.58. The number of anilines is 1. The molecule has 0 saturated carbocycles. The maximum absolute atomic E-state index is 5.87. The number of benzene rings is 2. The summed E-state index contributed by atoms with van der Waals surface area (Å²) in [4.78, 5) is 15.8. The van der Waals surface area contributed by atoms with Gasteiger partial charge in [-0.1, -0.05) is 12.1 Å². The molecule has 0 atom stereocenters. The maximum atomic E-state index is 5.87. The van der Waals surface area contributed by atoms with Crippen LogP contribution in [0.15, 0.2) is 73.1 Å². The van der Waals surface area contributed by atoms with Crippen LogP contribution in [0.2, 0.25) is 0 Å². The van der Waals surface area contributed by atoms with Crippen LogP contribution < -0.4 is 14.4 Å². The number of nitrogens with zero attached hydrogens (tertiary/aromatic N) is 4. The van der Waals surface area contributed by atoms with Crippen molar-refractivity contribution < 1.29 is 9.47 Å². The minimum absolute atomic E-state index is 0.531. The number of methoxy groups -OCH3 is 1. The van der Waals surface area contributed by atoms with Crippen LogP contribution in [-0.2, 0) is 0 Å². The third kappa shape index (κ3) is 4.27. The van der Waals surface area contributed by atoms with Gasteiger partial charge in [0.25, 0.3) is 0 Å². The van der Waals surface area contributed by atoms with Gasteiger partial charge in [-0.15, -0.1) is 0 Å². The van der Waals surface area contributed by atoms with Crippen molar-refractivity contribution in [2.45, 2.75) is 0 Å². The predicted octanol–water partition coefficient (Wildman–Crippen LogP) is 4.22. The van der Waals surface area contributed by atoms with Gasteiger partial charge in [0, 0.05) is 30.4 Å². The molecule has 6 heteroatoms. The summed E-state index contributed by atoms with van der Waals surface area (Å²) in [5.74, 6) is 3.15. The van der Waals surface area contributed by atoms with Crippen molar-refractivity contribution in [1.29, 1.82) is 0 Å². The Morgan fingerprint density at radius 3 is 2.45 bits per heavy atom. The fourth-order valence-corrected chi connectivity index (χ4v) is 3.05. The number of fused-ring (bicyclic) bond motifs is 1. The van der Waals surface area contributed by atoms with Gasteiger partial charge in [-0.3, -0.25) is 4.98 Å². The zero-order valence-electron chi connectivity index (χ0n) is 16.4. The van der Waals surface area contributed by atoms with Crippen LogP contribution in [0, 0.1) is 0 Å². The average molecular weight is 386 g/mol. The summed E-state index contributed by atoms with van der Waals surface area (Å²) < 4.78 is 11.0. The van der Waals surface area contributed by atoms with Gasteiger partial charge in [-0.2, -0.15) is 0 Å². The first-order chi connectivity index (χ1) is 14.2. The number of likely N-dealkylation sites (N-methyl/N-ethyl adjacent to an activating group) is 1. The Labute approximate surface area is 169 Å². The van der Waals surface area contributed by atoms with Crippen LogP contribution in [0.25, 0.3) is 22.3 Å². The van der Waals surface area contributed by atoms with Crippen LogP contribution in [0.5, 0.6) is 11.5 Å². The number of rotatable bonds is 7. The van der Waals surface area contributed by atoms with E-state index < -0.39 is 0 Å². The summed E-state index contributed by atoms with van der Waals surface area (Å²) in [6.07, 6.45) is 3.52. The molecule has 2 aromatic carbocycles. The van der Waals surface area contributed by atoms with Crippen molar-refractivity contribution in [3.05, 3.63) is 73.1 Å². The van der Waals surface area contributed by atoms with Gasteiger partial charge in [0.1, 0.15) is 23.9 Å². The molecule has 4 aromatic rings. The molecule has 0 aliphatic heterocycles. The van der Waals surface area contributed by atoms with Crippen molar-refractivity contribution in [3.8, 4) is 22.9 Å². The summed E-state index contributed by atoms with van der Waals surface area (Å²) in [6, 6.07) is 19.5. The highest BCUT2D eigenvalue weighted by Gasteiger charge is 2.13. The molecule has 0 radical (unpaired) electrons. The van der Waals surface area contributed by atoms with E-state index in [2.05, 4.69) is 9.88 Å². The molecule has 0 fully saturated rings. The molecule has 29 heavy (non-hydrogen) atoms. The van der Waals surface area contributed by atoms with Crippen LogP contribution in [0.3, 0.4) is 0 Å². The SMILES string of the molecule is COc1ccc(OCCN(C)c2nc(-c3cccnc3)nc3ccccc23)cc1. The van der Waals surface area contributed by atoms with Gasteiger partial charge in [0.2, 0.25) is 0 Å². The Morgan fingerprint density at radius 2 is 1.69 bits per heavy atom. The molecular weight excluding hydrogens is 364 g/mol. The van der Waals surface area contributed by atoms with Crippen molar-refractivity contribution in [3.63, 3.8) is 0 Å². The lowest BCUT2D eigenvalue weighted by molar-refractivity contribution is 0.325. The van der Waals surface area contributed by atoms with Crippen LogP contribution in [0.4, 0.5) is 5.82 Å². The van der Waals surface area contributed by atoms with Crippen molar-refractivity contribution in [1.82, 2.24) is 15.0 Å². The molecule has 0 bridgehead atoms. The summed E-state index contributed by atoms with van der Waals surface area (Å²) in [5, 5.41) is 1.01. The Kier molecular flexibility index (Phi) is 5.52. The molecule has 2 heterocycles. The molecule has 0 aliphatic rings. The Balaban J connectivity index is 1.55. The Hall–Kier alpha value is -3.67. The van der Waals surface area contributed by atoms with Gasteiger partial charge < -0.3 is 14.4 Å². The quantitative estimate of drug-likeness (QED) is 0.474. The molecule has 0 spiro atoms. The molecule has 146 valence electrons. The summed E-state index contributed by atoms with van der Waals surface area (Å²) in [7, 11) is 3.66. The van der Waals surface area contributed by atoms with Crippen LogP contribution in [-0.4, -0.2) is 42.3 Å². The lowest BCUT2D eigenvalue weighted by Crippen LogP contribution is -2.25.